The summed E-state index contributed by atoms with van der Waals surface area (Å²) in [7, 11) is 0. The van der Waals surface area contributed by atoms with Crippen LogP contribution in [0.2, 0.25) is 0 Å². The first-order valence-corrected chi connectivity index (χ1v) is 4.52. The van der Waals surface area contributed by atoms with E-state index in [2.05, 4.69) is 4.74 Å². The van der Waals surface area contributed by atoms with E-state index < -0.39 is 40.5 Å². The molecule has 1 unspecified atom stereocenters. The van der Waals surface area contributed by atoms with Crippen molar-refractivity contribution in [1.82, 2.24) is 0 Å². The highest BCUT2D eigenvalue weighted by molar-refractivity contribution is 7.80. The van der Waals surface area contributed by atoms with Crippen LogP contribution in [0.1, 0.15) is 0 Å². The Hall–Kier alpha value is -0.980. The van der Waals surface area contributed by atoms with Crippen LogP contribution >= 0.6 is 0 Å². The summed E-state index contributed by atoms with van der Waals surface area (Å²) in [6.07, 6.45) is -10.1. The van der Waals surface area contributed by atoms with Crippen LogP contribution in [0, 0.1) is 0 Å². The molecule has 0 heterocycles. The lowest BCUT2D eigenvalue weighted by atomic mass is 10.3. The Labute approximate surface area is 94.5 Å². The maximum Gasteiger partial charge on any atom is 0.473 e. The molecule has 0 aliphatic rings. The summed E-state index contributed by atoms with van der Waals surface area (Å²) in [4.78, 5) is 0. The minimum absolute atomic E-state index is 2.05. The van der Waals surface area contributed by atoms with E-state index in [1.807, 2.05) is 0 Å². The molecule has 0 aliphatic heterocycles. The monoisotopic (exact) mass is 312 g/mol. The second-order valence-electron chi connectivity index (χ2n) is 2.49. The molecule has 1 atom stereocenters. The molecular formula is C5HF9O3S. The third-order valence-corrected chi connectivity index (χ3v) is 2.01. The lowest BCUT2D eigenvalue weighted by Gasteiger charge is -2.29. The molecule has 0 aromatic heterocycles. The molecule has 0 aromatic rings. The first-order chi connectivity index (χ1) is 7.77. The van der Waals surface area contributed by atoms with E-state index in [4.69, 9.17) is 4.55 Å². The average molecular weight is 312 g/mol. The second-order valence-corrected chi connectivity index (χ2v) is 3.50. The van der Waals surface area contributed by atoms with Crippen molar-refractivity contribution >= 4 is 11.1 Å². The third-order valence-electron chi connectivity index (χ3n) is 1.32. The van der Waals surface area contributed by atoms with Gasteiger partial charge in [-0.05, 0) is 0 Å². The SMILES string of the molecule is O=S(O)C(F)(F)C(F)(F)C(F)(F)OC(F)=C(F)F. The molecule has 13 heteroatoms. The topological polar surface area (TPSA) is 46.5 Å². The van der Waals surface area contributed by atoms with Crippen LogP contribution < -0.4 is 0 Å². The minimum atomic E-state index is -6.72. The third kappa shape index (κ3) is 2.88. The van der Waals surface area contributed by atoms with Gasteiger partial charge >= 0.3 is 29.4 Å². The van der Waals surface area contributed by atoms with Crippen molar-refractivity contribution in [3.8, 4) is 0 Å². The summed E-state index contributed by atoms with van der Waals surface area (Å²) in [6.45, 7) is 0. The highest BCUT2D eigenvalue weighted by Crippen LogP contribution is 2.48. The Morgan fingerprint density at radius 1 is 1.00 bits per heavy atom. The summed E-state index contributed by atoms with van der Waals surface area (Å²) < 4.78 is 128. The smallest absolute Gasteiger partial charge is 0.397 e. The first-order valence-electron chi connectivity index (χ1n) is 3.41. The van der Waals surface area contributed by atoms with Gasteiger partial charge in [-0.25, -0.2) is 4.21 Å². The van der Waals surface area contributed by atoms with Gasteiger partial charge in [-0.15, -0.1) is 0 Å². The summed E-state index contributed by atoms with van der Waals surface area (Å²) in [6, 6.07) is -3.53. The molecule has 1 N–H and O–H groups in total. The van der Waals surface area contributed by atoms with E-state index in [1.54, 1.807) is 0 Å². The van der Waals surface area contributed by atoms with Crippen LogP contribution in [-0.4, -0.2) is 26.0 Å². The zero-order valence-corrected chi connectivity index (χ0v) is 8.39. The van der Waals surface area contributed by atoms with E-state index in [1.165, 1.54) is 0 Å². The number of hydrogen-bond donors (Lipinski definition) is 1. The minimum Gasteiger partial charge on any atom is -0.397 e. The Morgan fingerprint density at radius 3 is 1.67 bits per heavy atom. The Bertz CT molecular complexity index is 374. The van der Waals surface area contributed by atoms with E-state index in [0.717, 1.165) is 0 Å². The fourth-order valence-electron chi connectivity index (χ4n) is 0.494. The number of ether oxygens (including phenoxy) is 1. The molecule has 0 aromatic carbocycles. The van der Waals surface area contributed by atoms with Gasteiger partial charge in [0.15, 0.2) is 0 Å². The fraction of sp³-hybridized carbons (Fsp3) is 0.600. The van der Waals surface area contributed by atoms with Gasteiger partial charge in [0.2, 0.25) is 11.1 Å². The molecular weight excluding hydrogens is 311 g/mol. The van der Waals surface area contributed by atoms with Crippen molar-refractivity contribution in [3.63, 3.8) is 0 Å². The standard InChI is InChI=1S/C5HF9O3S/c6-1(7)2(8)17-4(11,12)3(9,10)5(13,14)18(15)16/h(H,15,16). The summed E-state index contributed by atoms with van der Waals surface area (Å²) in [5, 5.41) is -6.26. The summed E-state index contributed by atoms with van der Waals surface area (Å²) >= 11 is -4.79. The molecule has 0 bridgehead atoms. The largest absolute Gasteiger partial charge is 0.473 e. The predicted molar refractivity (Wildman–Crippen MR) is 37.0 cm³/mol. The number of rotatable bonds is 5. The fourth-order valence-corrected chi connectivity index (χ4v) is 0.832. The van der Waals surface area contributed by atoms with E-state index in [0.29, 0.717) is 0 Å². The Balaban J connectivity index is 5.47. The van der Waals surface area contributed by atoms with Crippen molar-refractivity contribution in [2.24, 2.45) is 0 Å². The van der Waals surface area contributed by atoms with Crippen LogP contribution in [0.4, 0.5) is 39.5 Å². The molecule has 0 rings (SSSR count). The maximum absolute atomic E-state index is 12.4. The van der Waals surface area contributed by atoms with E-state index in [-0.39, 0.29) is 0 Å². The van der Waals surface area contributed by atoms with Gasteiger partial charge in [0.05, 0.1) is 0 Å². The second kappa shape index (κ2) is 4.95. The normalized spacial score (nSPS) is 15.2. The van der Waals surface area contributed by atoms with Gasteiger partial charge in [0.25, 0.3) is 0 Å². The molecule has 0 amide bonds. The van der Waals surface area contributed by atoms with Crippen LogP contribution in [0.25, 0.3) is 0 Å². The van der Waals surface area contributed by atoms with Crippen molar-refractivity contribution in [3.05, 3.63) is 12.1 Å². The molecule has 0 saturated heterocycles. The molecule has 3 nitrogen and oxygen atoms in total. The zero-order chi connectivity index (χ0) is 14.9. The molecule has 108 valence electrons. The van der Waals surface area contributed by atoms with Crippen molar-refractivity contribution < 1.29 is 53.0 Å². The van der Waals surface area contributed by atoms with Gasteiger partial charge in [-0.3, -0.25) is 0 Å². The quantitative estimate of drug-likeness (QED) is 0.482. The lowest BCUT2D eigenvalue weighted by molar-refractivity contribution is -0.376. The van der Waals surface area contributed by atoms with Crippen LogP contribution in [-0.2, 0) is 15.8 Å². The lowest BCUT2D eigenvalue weighted by Crippen LogP contribution is -2.56. The van der Waals surface area contributed by atoms with E-state index >= 15 is 0 Å². The first kappa shape index (κ1) is 17.0. The van der Waals surface area contributed by atoms with E-state index in [9.17, 15) is 43.7 Å². The summed E-state index contributed by atoms with van der Waals surface area (Å²) in [5.41, 5.74) is 0. The van der Waals surface area contributed by atoms with Gasteiger partial charge < -0.3 is 9.29 Å². The Kier molecular flexibility index (Phi) is 4.68. The number of halogens is 9. The average Bonchev–Trinajstić information content (AvgIpc) is 2.15. The van der Waals surface area contributed by atoms with Crippen LogP contribution in [0.15, 0.2) is 12.1 Å². The van der Waals surface area contributed by atoms with Gasteiger partial charge in [0.1, 0.15) is 0 Å². The van der Waals surface area contributed by atoms with Gasteiger partial charge in [-0.1, -0.05) is 0 Å². The molecule has 0 spiro atoms. The van der Waals surface area contributed by atoms with Crippen molar-refractivity contribution in [1.29, 1.82) is 0 Å². The Morgan fingerprint density at radius 2 is 1.39 bits per heavy atom. The number of hydrogen-bond acceptors (Lipinski definition) is 2. The van der Waals surface area contributed by atoms with Gasteiger partial charge in [0, 0.05) is 0 Å². The van der Waals surface area contributed by atoms with Crippen LogP contribution in [0.5, 0.6) is 0 Å². The highest BCUT2D eigenvalue weighted by Gasteiger charge is 2.77. The van der Waals surface area contributed by atoms with Crippen LogP contribution in [0.3, 0.4) is 0 Å². The maximum atomic E-state index is 12.4. The number of alkyl halides is 6. The molecule has 0 fully saturated rings. The molecule has 18 heavy (non-hydrogen) atoms. The predicted octanol–water partition coefficient (Wildman–Crippen LogP) is 3.08. The molecule has 0 aliphatic carbocycles. The van der Waals surface area contributed by atoms with Crippen molar-refractivity contribution in [2.75, 3.05) is 0 Å². The molecule has 0 radical (unpaired) electrons. The van der Waals surface area contributed by atoms with Gasteiger partial charge in [-0.2, -0.15) is 39.5 Å². The highest BCUT2D eigenvalue weighted by atomic mass is 32.2. The zero-order valence-electron chi connectivity index (χ0n) is 7.57. The summed E-state index contributed by atoms with van der Waals surface area (Å²) in [5.74, 6) is -6.72. The molecule has 0 saturated carbocycles. The van der Waals surface area contributed by atoms with Crippen molar-refractivity contribution in [2.45, 2.75) is 17.3 Å².